The molecule has 0 saturated carbocycles. The predicted octanol–water partition coefficient (Wildman–Crippen LogP) is 3.04. The smallest absolute Gasteiger partial charge is 0.251 e. The number of rotatable bonds is 7. The molecular formula is C19H25N3O. The molecular weight excluding hydrogens is 286 g/mol. The topological polar surface area (TPSA) is 58.4 Å². The van der Waals surface area contributed by atoms with Crippen molar-refractivity contribution < 1.29 is 4.79 Å². The maximum Gasteiger partial charge on any atom is 0.251 e. The van der Waals surface area contributed by atoms with E-state index in [4.69, 9.17) is 5.73 Å². The third kappa shape index (κ3) is 5.11. The number of nitrogen functional groups attached to an aromatic ring is 1. The SMILES string of the molecule is CCN(CC)Cc1ccc(CNC(=O)c2cccc(N)c2)cc1. The highest BCUT2D eigenvalue weighted by atomic mass is 16.1. The van der Waals surface area contributed by atoms with Gasteiger partial charge in [0.2, 0.25) is 0 Å². The van der Waals surface area contributed by atoms with Gasteiger partial charge in [0.15, 0.2) is 0 Å². The van der Waals surface area contributed by atoms with Crippen molar-refractivity contribution in [3.63, 3.8) is 0 Å². The fourth-order valence-electron chi connectivity index (χ4n) is 2.43. The number of nitrogens with two attached hydrogens (primary N) is 1. The van der Waals surface area contributed by atoms with E-state index in [0.29, 0.717) is 17.8 Å². The highest BCUT2D eigenvalue weighted by Crippen LogP contribution is 2.09. The first kappa shape index (κ1) is 17.0. The molecule has 0 unspecified atom stereocenters. The van der Waals surface area contributed by atoms with Gasteiger partial charge in [-0.15, -0.1) is 0 Å². The fourth-order valence-corrected chi connectivity index (χ4v) is 2.43. The van der Waals surface area contributed by atoms with Crippen molar-refractivity contribution in [1.82, 2.24) is 10.2 Å². The molecule has 0 radical (unpaired) electrons. The van der Waals surface area contributed by atoms with E-state index >= 15 is 0 Å². The highest BCUT2D eigenvalue weighted by Gasteiger charge is 2.06. The molecule has 4 heteroatoms. The first-order chi connectivity index (χ1) is 11.1. The van der Waals surface area contributed by atoms with Gasteiger partial charge in [0, 0.05) is 24.3 Å². The molecule has 2 aromatic carbocycles. The van der Waals surface area contributed by atoms with E-state index in [1.165, 1.54) is 5.56 Å². The van der Waals surface area contributed by atoms with Crippen molar-refractivity contribution in [1.29, 1.82) is 0 Å². The van der Waals surface area contributed by atoms with Crippen LogP contribution in [0.2, 0.25) is 0 Å². The number of carbonyl (C=O) groups excluding carboxylic acids is 1. The number of carbonyl (C=O) groups is 1. The van der Waals surface area contributed by atoms with E-state index in [0.717, 1.165) is 25.2 Å². The van der Waals surface area contributed by atoms with Gasteiger partial charge in [-0.3, -0.25) is 9.69 Å². The van der Waals surface area contributed by atoms with Crippen LogP contribution in [0.1, 0.15) is 35.3 Å². The van der Waals surface area contributed by atoms with Gasteiger partial charge in [0.05, 0.1) is 0 Å². The summed E-state index contributed by atoms with van der Waals surface area (Å²) in [5, 5.41) is 2.92. The first-order valence-corrected chi connectivity index (χ1v) is 8.06. The van der Waals surface area contributed by atoms with Crippen LogP contribution >= 0.6 is 0 Å². The zero-order valence-corrected chi connectivity index (χ0v) is 13.9. The van der Waals surface area contributed by atoms with E-state index in [1.807, 2.05) is 0 Å². The summed E-state index contributed by atoms with van der Waals surface area (Å²) in [6.07, 6.45) is 0. The Kier molecular flexibility index (Phi) is 6.18. The van der Waals surface area contributed by atoms with E-state index in [2.05, 4.69) is 48.3 Å². The summed E-state index contributed by atoms with van der Waals surface area (Å²) in [6, 6.07) is 15.4. The maximum atomic E-state index is 12.1. The molecule has 122 valence electrons. The summed E-state index contributed by atoms with van der Waals surface area (Å²) in [4.78, 5) is 14.5. The van der Waals surface area contributed by atoms with Gasteiger partial charge < -0.3 is 11.1 Å². The van der Waals surface area contributed by atoms with Crippen LogP contribution in [-0.4, -0.2) is 23.9 Å². The van der Waals surface area contributed by atoms with Crippen LogP contribution in [0.15, 0.2) is 48.5 Å². The summed E-state index contributed by atoms with van der Waals surface area (Å²) in [5.41, 5.74) is 9.26. The van der Waals surface area contributed by atoms with Crippen molar-refractivity contribution in [2.24, 2.45) is 0 Å². The van der Waals surface area contributed by atoms with Gasteiger partial charge in [0.1, 0.15) is 0 Å². The van der Waals surface area contributed by atoms with E-state index in [-0.39, 0.29) is 5.91 Å². The molecule has 2 aromatic rings. The normalized spacial score (nSPS) is 10.7. The van der Waals surface area contributed by atoms with Crippen LogP contribution < -0.4 is 11.1 Å². The molecule has 0 aromatic heterocycles. The van der Waals surface area contributed by atoms with Crippen LogP contribution in [0.5, 0.6) is 0 Å². The zero-order valence-electron chi connectivity index (χ0n) is 13.9. The van der Waals surface area contributed by atoms with Crippen LogP contribution in [-0.2, 0) is 13.1 Å². The molecule has 0 fully saturated rings. The van der Waals surface area contributed by atoms with Gasteiger partial charge in [0.25, 0.3) is 5.91 Å². The standard InChI is InChI=1S/C19H25N3O/c1-3-22(4-2)14-16-10-8-15(9-11-16)13-21-19(23)17-6-5-7-18(20)12-17/h5-12H,3-4,13-14,20H2,1-2H3,(H,21,23). The molecule has 2 rings (SSSR count). The van der Waals surface area contributed by atoms with Gasteiger partial charge in [-0.05, 0) is 42.4 Å². The van der Waals surface area contributed by atoms with E-state index in [9.17, 15) is 4.79 Å². The van der Waals surface area contributed by atoms with Crippen molar-refractivity contribution in [3.05, 3.63) is 65.2 Å². The average molecular weight is 311 g/mol. The molecule has 0 atom stereocenters. The van der Waals surface area contributed by atoms with Crippen LogP contribution in [0.4, 0.5) is 5.69 Å². The molecule has 0 spiro atoms. The molecule has 23 heavy (non-hydrogen) atoms. The Morgan fingerprint density at radius 3 is 2.30 bits per heavy atom. The molecule has 0 aliphatic heterocycles. The third-order valence-corrected chi connectivity index (χ3v) is 3.93. The lowest BCUT2D eigenvalue weighted by Crippen LogP contribution is -2.23. The number of hydrogen-bond acceptors (Lipinski definition) is 3. The number of benzene rings is 2. The van der Waals surface area contributed by atoms with Gasteiger partial charge in [-0.2, -0.15) is 0 Å². The Hall–Kier alpha value is -2.33. The molecule has 0 aliphatic rings. The number of nitrogens with zero attached hydrogens (tertiary/aromatic N) is 1. The Morgan fingerprint density at radius 2 is 1.70 bits per heavy atom. The average Bonchev–Trinajstić information content (AvgIpc) is 2.58. The monoisotopic (exact) mass is 311 g/mol. The molecule has 3 N–H and O–H groups in total. The Labute approximate surface area is 138 Å². The van der Waals surface area contributed by atoms with Crippen molar-refractivity contribution >= 4 is 11.6 Å². The molecule has 0 saturated heterocycles. The second kappa shape index (κ2) is 8.34. The van der Waals surface area contributed by atoms with Crippen molar-refractivity contribution in [3.8, 4) is 0 Å². The molecule has 0 heterocycles. The number of nitrogens with one attached hydrogen (secondary N) is 1. The number of amides is 1. The molecule has 4 nitrogen and oxygen atoms in total. The largest absolute Gasteiger partial charge is 0.399 e. The Morgan fingerprint density at radius 1 is 1.04 bits per heavy atom. The van der Waals surface area contributed by atoms with Crippen LogP contribution in [0.25, 0.3) is 0 Å². The number of hydrogen-bond donors (Lipinski definition) is 2. The number of anilines is 1. The molecule has 0 aliphatic carbocycles. The van der Waals surface area contributed by atoms with E-state index < -0.39 is 0 Å². The first-order valence-electron chi connectivity index (χ1n) is 8.06. The summed E-state index contributed by atoms with van der Waals surface area (Å²) in [7, 11) is 0. The predicted molar refractivity (Wildman–Crippen MR) is 95.1 cm³/mol. The van der Waals surface area contributed by atoms with Crippen molar-refractivity contribution in [2.45, 2.75) is 26.9 Å². The minimum absolute atomic E-state index is 0.107. The minimum Gasteiger partial charge on any atom is -0.399 e. The second-order valence-corrected chi connectivity index (χ2v) is 5.59. The summed E-state index contributed by atoms with van der Waals surface area (Å²) < 4.78 is 0. The van der Waals surface area contributed by atoms with Gasteiger partial charge in [-0.1, -0.05) is 44.2 Å². The Bertz CT molecular complexity index is 633. The molecule has 1 amide bonds. The van der Waals surface area contributed by atoms with Gasteiger partial charge in [-0.25, -0.2) is 0 Å². The lowest BCUT2D eigenvalue weighted by atomic mass is 10.1. The lowest BCUT2D eigenvalue weighted by molar-refractivity contribution is 0.0951. The van der Waals surface area contributed by atoms with E-state index in [1.54, 1.807) is 24.3 Å². The minimum atomic E-state index is -0.107. The third-order valence-electron chi connectivity index (χ3n) is 3.93. The summed E-state index contributed by atoms with van der Waals surface area (Å²) in [5.74, 6) is -0.107. The highest BCUT2D eigenvalue weighted by molar-refractivity contribution is 5.94. The zero-order chi connectivity index (χ0) is 16.7. The van der Waals surface area contributed by atoms with Gasteiger partial charge >= 0.3 is 0 Å². The van der Waals surface area contributed by atoms with Crippen LogP contribution in [0.3, 0.4) is 0 Å². The fraction of sp³-hybridized carbons (Fsp3) is 0.316. The maximum absolute atomic E-state index is 12.1. The van der Waals surface area contributed by atoms with Crippen LogP contribution in [0, 0.1) is 0 Å². The Balaban J connectivity index is 1.90. The molecule has 0 bridgehead atoms. The quantitative estimate of drug-likeness (QED) is 0.773. The summed E-state index contributed by atoms with van der Waals surface area (Å²) >= 11 is 0. The van der Waals surface area contributed by atoms with Crippen molar-refractivity contribution in [2.75, 3.05) is 18.8 Å². The summed E-state index contributed by atoms with van der Waals surface area (Å²) in [6.45, 7) is 7.92. The lowest BCUT2D eigenvalue weighted by Gasteiger charge is -2.18. The second-order valence-electron chi connectivity index (χ2n) is 5.59.